The first-order valence-electron chi connectivity index (χ1n) is 7.79. The number of aryl methyl sites for hydroxylation is 1. The highest BCUT2D eigenvalue weighted by Gasteiger charge is 2.23. The first kappa shape index (κ1) is 19.0. The van der Waals surface area contributed by atoms with Crippen LogP contribution in [0.2, 0.25) is 0 Å². The molecule has 0 saturated heterocycles. The van der Waals surface area contributed by atoms with Crippen LogP contribution in [-0.4, -0.2) is 25.2 Å². The third-order valence-electron chi connectivity index (χ3n) is 3.65. The predicted octanol–water partition coefficient (Wildman–Crippen LogP) is 3.77. The molecule has 0 saturated carbocycles. The molecular weight excluding hydrogens is 386 g/mol. The Hall–Kier alpha value is -2.34. The van der Waals surface area contributed by atoms with Crippen molar-refractivity contribution in [3.63, 3.8) is 0 Å². The van der Waals surface area contributed by atoms with Gasteiger partial charge in [-0.05, 0) is 29.7 Å². The summed E-state index contributed by atoms with van der Waals surface area (Å²) in [6.45, 7) is 2.10. The smallest absolute Gasteiger partial charge is 0.408 e. The second-order valence-electron chi connectivity index (χ2n) is 5.57. The van der Waals surface area contributed by atoms with Crippen molar-refractivity contribution in [1.82, 2.24) is 5.32 Å². The van der Waals surface area contributed by atoms with Crippen LogP contribution >= 0.6 is 15.9 Å². The molecule has 5 nitrogen and oxygen atoms in total. The van der Waals surface area contributed by atoms with Crippen LogP contribution in [0.3, 0.4) is 0 Å². The molecule has 0 aliphatic heterocycles. The van der Waals surface area contributed by atoms with Crippen molar-refractivity contribution < 1.29 is 19.1 Å². The monoisotopic (exact) mass is 405 g/mol. The fourth-order valence-electron chi connectivity index (χ4n) is 2.31. The van der Waals surface area contributed by atoms with Gasteiger partial charge in [-0.3, -0.25) is 0 Å². The molecule has 0 bridgehead atoms. The van der Waals surface area contributed by atoms with Crippen molar-refractivity contribution in [3.05, 3.63) is 69.7 Å². The number of hydrogen-bond donors (Lipinski definition) is 1. The Balaban J connectivity index is 1.98. The third kappa shape index (κ3) is 5.90. The molecule has 2 rings (SSSR count). The summed E-state index contributed by atoms with van der Waals surface area (Å²) in [6.07, 6.45) is -0.339. The lowest BCUT2D eigenvalue weighted by atomic mass is 10.0. The number of halogens is 1. The number of carbonyl (C=O) groups excluding carboxylic acids is 2. The second kappa shape index (κ2) is 9.22. The Kier molecular flexibility index (Phi) is 7.01. The Bertz CT molecular complexity index is 733. The van der Waals surface area contributed by atoms with E-state index in [1.807, 2.05) is 55.5 Å². The average molecular weight is 406 g/mol. The molecule has 0 spiro atoms. The predicted molar refractivity (Wildman–Crippen MR) is 98.1 cm³/mol. The maximum atomic E-state index is 12.0. The van der Waals surface area contributed by atoms with Crippen LogP contribution in [0.5, 0.6) is 0 Å². The molecule has 2 aromatic rings. The lowest BCUT2D eigenvalue weighted by Crippen LogP contribution is -2.43. The molecular formula is C19H20BrNO4. The van der Waals surface area contributed by atoms with E-state index in [0.717, 1.165) is 21.2 Å². The maximum Gasteiger partial charge on any atom is 0.408 e. The van der Waals surface area contributed by atoms with Gasteiger partial charge in [0, 0.05) is 10.9 Å². The van der Waals surface area contributed by atoms with Gasteiger partial charge in [-0.2, -0.15) is 0 Å². The van der Waals surface area contributed by atoms with Crippen molar-refractivity contribution in [3.8, 4) is 0 Å². The van der Waals surface area contributed by atoms with Gasteiger partial charge in [0.25, 0.3) is 0 Å². The summed E-state index contributed by atoms with van der Waals surface area (Å²) in [5, 5.41) is 2.57. The molecule has 2 aromatic carbocycles. The summed E-state index contributed by atoms with van der Waals surface area (Å²) in [4.78, 5) is 24.0. The first-order chi connectivity index (χ1) is 12.0. The number of rotatable bonds is 6. The van der Waals surface area contributed by atoms with Crippen molar-refractivity contribution in [2.45, 2.75) is 26.0 Å². The number of ether oxygens (including phenoxy) is 2. The SMILES string of the molecule is COC(=O)[C@H](Cc1ccc(Br)c(C)c1)NC(=O)OCc1ccccc1. The van der Waals surface area contributed by atoms with E-state index < -0.39 is 18.1 Å². The zero-order chi connectivity index (χ0) is 18.2. The largest absolute Gasteiger partial charge is 0.467 e. The maximum absolute atomic E-state index is 12.0. The molecule has 0 fully saturated rings. The second-order valence-corrected chi connectivity index (χ2v) is 6.42. The fraction of sp³-hybridized carbons (Fsp3) is 0.263. The van der Waals surface area contributed by atoms with Crippen LogP contribution in [0.4, 0.5) is 4.79 Å². The Morgan fingerprint density at radius 3 is 2.48 bits per heavy atom. The number of hydrogen-bond acceptors (Lipinski definition) is 4. The molecule has 0 heterocycles. The molecule has 25 heavy (non-hydrogen) atoms. The van der Waals surface area contributed by atoms with Gasteiger partial charge in [0.2, 0.25) is 0 Å². The number of nitrogens with one attached hydrogen (secondary N) is 1. The normalized spacial score (nSPS) is 11.5. The summed E-state index contributed by atoms with van der Waals surface area (Å²) in [7, 11) is 1.29. The summed E-state index contributed by atoms with van der Waals surface area (Å²) in [5.41, 5.74) is 2.84. The van der Waals surface area contributed by atoms with Crippen LogP contribution in [0.15, 0.2) is 53.0 Å². The van der Waals surface area contributed by atoms with Gasteiger partial charge in [-0.15, -0.1) is 0 Å². The van der Waals surface area contributed by atoms with E-state index in [2.05, 4.69) is 21.2 Å². The van der Waals surface area contributed by atoms with E-state index in [1.54, 1.807) is 0 Å². The van der Waals surface area contributed by atoms with Gasteiger partial charge in [-0.1, -0.05) is 58.4 Å². The molecule has 1 atom stereocenters. The van der Waals surface area contributed by atoms with Gasteiger partial charge in [0.1, 0.15) is 12.6 Å². The van der Waals surface area contributed by atoms with E-state index in [0.29, 0.717) is 6.42 Å². The minimum absolute atomic E-state index is 0.137. The Morgan fingerprint density at radius 1 is 1.12 bits per heavy atom. The van der Waals surface area contributed by atoms with E-state index in [1.165, 1.54) is 7.11 Å². The summed E-state index contributed by atoms with van der Waals surface area (Å²) in [5.74, 6) is -0.516. The van der Waals surface area contributed by atoms with Crippen LogP contribution in [0.1, 0.15) is 16.7 Å². The molecule has 1 amide bonds. The highest BCUT2D eigenvalue weighted by Crippen LogP contribution is 2.18. The molecule has 0 aromatic heterocycles. The van der Waals surface area contributed by atoms with E-state index >= 15 is 0 Å². The lowest BCUT2D eigenvalue weighted by Gasteiger charge is -2.17. The molecule has 0 aliphatic rings. The number of amides is 1. The van der Waals surface area contributed by atoms with Gasteiger partial charge in [0.15, 0.2) is 0 Å². The molecule has 1 N–H and O–H groups in total. The van der Waals surface area contributed by atoms with Crippen molar-refractivity contribution in [1.29, 1.82) is 0 Å². The van der Waals surface area contributed by atoms with Crippen molar-refractivity contribution in [2.75, 3.05) is 7.11 Å². The summed E-state index contributed by atoms with van der Waals surface area (Å²) in [6, 6.07) is 14.3. The highest BCUT2D eigenvalue weighted by molar-refractivity contribution is 9.10. The number of alkyl carbamates (subject to hydrolysis) is 1. The zero-order valence-corrected chi connectivity index (χ0v) is 15.7. The van der Waals surface area contributed by atoms with E-state index in [-0.39, 0.29) is 6.61 Å². The van der Waals surface area contributed by atoms with Crippen molar-refractivity contribution in [2.24, 2.45) is 0 Å². The summed E-state index contributed by atoms with van der Waals surface area (Å²) >= 11 is 3.44. The van der Waals surface area contributed by atoms with Gasteiger partial charge < -0.3 is 14.8 Å². The average Bonchev–Trinajstić information content (AvgIpc) is 2.62. The molecule has 0 unspecified atom stereocenters. The standard InChI is InChI=1S/C19H20BrNO4/c1-13-10-15(8-9-16(13)20)11-17(18(22)24-2)21-19(23)25-12-14-6-4-3-5-7-14/h3-10,17H,11-12H2,1-2H3,(H,21,23)/t17-/m0/s1. The molecule has 0 aliphatic carbocycles. The Labute approximate surface area is 155 Å². The van der Waals surface area contributed by atoms with E-state index in [9.17, 15) is 9.59 Å². The molecule has 132 valence electrons. The first-order valence-corrected chi connectivity index (χ1v) is 8.59. The Morgan fingerprint density at radius 2 is 1.84 bits per heavy atom. The quantitative estimate of drug-likeness (QED) is 0.742. The number of methoxy groups -OCH3 is 1. The zero-order valence-electron chi connectivity index (χ0n) is 14.1. The number of carbonyl (C=O) groups is 2. The third-order valence-corrected chi connectivity index (χ3v) is 4.54. The van der Waals surface area contributed by atoms with Crippen molar-refractivity contribution >= 4 is 28.0 Å². The molecule has 6 heteroatoms. The van der Waals surface area contributed by atoms with E-state index in [4.69, 9.17) is 9.47 Å². The lowest BCUT2D eigenvalue weighted by molar-refractivity contribution is -0.143. The number of esters is 1. The van der Waals surface area contributed by atoms with Crippen LogP contribution in [0, 0.1) is 6.92 Å². The van der Waals surface area contributed by atoms with Gasteiger partial charge >= 0.3 is 12.1 Å². The minimum atomic E-state index is -0.811. The fourth-order valence-corrected chi connectivity index (χ4v) is 2.56. The molecule has 0 radical (unpaired) electrons. The minimum Gasteiger partial charge on any atom is -0.467 e. The van der Waals surface area contributed by atoms with Crippen LogP contribution < -0.4 is 5.32 Å². The van der Waals surface area contributed by atoms with Crippen LogP contribution in [-0.2, 0) is 27.3 Å². The highest BCUT2D eigenvalue weighted by atomic mass is 79.9. The summed E-state index contributed by atoms with van der Waals surface area (Å²) < 4.78 is 10.9. The number of benzene rings is 2. The van der Waals surface area contributed by atoms with Gasteiger partial charge in [-0.25, -0.2) is 9.59 Å². The van der Waals surface area contributed by atoms with Crippen LogP contribution in [0.25, 0.3) is 0 Å². The van der Waals surface area contributed by atoms with Gasteiger partial charge in [0.05, 0.1) is 7.11 Å². The topological polar surface area (TPSA) is 64.6 Å².